The van der Waals surface area contributed by atoms with Crippen LogP contribution < -0.4 is 4.90 Å². The van der Waals surface area contributed by atoms with Crippen LogP contribution in [0.5, 0.6) is 0 Å². The summed E-state index contributed by atoms with van der Waals surface area (Å²) in [6.45, 7) is 3.95. The Bertz CT molecular complexity index is 1020. The fraction of sp³-hybridized carbons (Fsp3) is 0.190. The van der Waals surface area contributed by atoms with Crippen LogP contribution in [0.2, 0.25) is 5.02 Å². The van der Waals surface area contributed by atoms with E-state index in [1.807, 2.05) is 66.5 Å². The van der Waals surface area contributed by atoms with Gasteiger partial charge in [-0.1, -0.05) is 30.6 Å². The number of nitrogens with one attached hydrogen (secondary N) is 1. The highest BCUT2D eigenvalue weighted by atomic mass is 35.5. The monoisotopic (exact) mass is 409 g/mol. The lowest BCUT2D eigenvalue weighted by Crippen LogP contribution is -2.11. The van der Waals surface area contributed by atoms with Gasteiger partial charge < -0.3 is 21.1 Å². The van der Waals surface area contributed by atoms with Gasteiger partial charge in [0, 0.05) is 23.5 Å². The summed E-state index contributed by atoms with van der Waals surface area (Å²) in [6, 6.07) is 7.63. The first-order valence-electron chi connectivity index (χ1n) is 8.97. The summed E-state index contributed by atoms with van der Waals surface area (Å²) in [5, 5.41) is 3.49. The van der Waals surface area contributed by atoms with Crippen molar-refractivity contribution >= 4 is 45.7 Å². The molecule has 0 radical (unpaired) electrons. The standard InChI is InChI=1S/C21H20ClN5S/c1-4-16(23)19-20(26(3)15-10-8-14(22)9-11-15)24-21(28-19)18-13(2)25-27-12-6-5-7-17(18)27/h4-13,23H,1-3H3/q-2. The fourth-order valence-corrected chi connectivity index (χ4v) is 4.58. The Morgan fingerprint density at radius 1 is 1.32 bits per heavy atom. The number of hydrogen-bond acceptors (Lipinski definition) is 4. The van der Waals surface area contributed by atoms with E-state index < -0.39 is 0 Å². The quantitative estimate of drug-likeness (QED) is 0.560. The third-order valence-corrected chi connectivity index (χ3v) is 6.10. The summed E-state index contributed by atoms with van der Waals surface area (Å²) < 4.78 is 0. The molecule has 0 aliphatic carbocycles. The van der Waals surface area contributed by atoms with Gasteiger partial charge in [-0.05, 0) is 55.1 Å². The second-order valence-electron chi connectivity index (χ2n) is 6.55. The highest BCUT2D eigenvalue weighted by Gasteiger charge is 2.24. The molecule has 1 aromatic heterocycles. The maximum absolute atomic E-state index is 8.42. The molecule has 1 unspecified atom stereocenters. The number of fused-ring (bicyclic) bond motifs is 1. The van der Waals surface area contributed by atoms with E-state index in [2.05, 4.69) is 18.4 Å². The zero-order valence-corrected chi connectivity index (χ0v) is 17.4. The van der Waals surface area contributed by atoms with Crippen LogP contribution in [0.15, 0.2) is 60.5 Å². The molecule has 0 bridgehead atoms. The fourth-order valence-electron chi connectivity index (χ4n) is 3.24. The van der Waals surface area contributed by atoms with Crippen molar-refractivity contribution in [1.82, 2.24) is 9.99 Å². The van der Waals surface area contributed by atoms with Crippen molar-refractivity contribution in [3.05, 3.63) is 86.5 Å². The van der Waals surface area contributed by atoms with E-state index >= 15 is 0 Å². The van der Waals surface area contributed by atoms with E-state index in [0.29, 0.717) is 10.7 Å². The molecule has 0 saturated heterocycles. The summed E-state index contributed by atoms with van der Waals surface area (Å²) in [5.41, 5.74) is 16.7. The second kappa shape index (κ2) is 7.47. The Morgan fingerprint density at radius 2 is 2.07 bits per heavy atom. The molecule has 5 nitrogen and oxygen atoms in total. The molecule has 0 amide bonds. The minimum Gasteiger partial charge on any atom is -0.698 e. The number of benzene rings is 1. The lowest BCUT2D eigenvalue weighted by atomic mass is 10.1. The number of allylic oxidation sites excluding steroid dienone is 4. The summed E-state index contributed by atoms with van der Waals surface area (Å²) in [7, 11) is 1.96. The highest BCUT2D eigenvalue weighted by molar-refractivity contribution is 7.14. The molecule has 0 fully saturated rings. The first kappa shape index (κ1) is 18.8. The molecule has 1 atom stereocenters. The van der Waals surface area contributed by atoms with Crippen molar-refractivity contribution in [2.75, 3.05) is 11.9 Å². The van der Waals surface area contributed by atoms with Crippen molar-refractivity contribution in [1.29, 1.82) is 0 Å². The van der Waals surface area contributed by atoms with Crippen LogP contribution in [0.1, 0.15) is 23.7 Å². The van der Waals surface area contributed by atoms with Crippen LogP contribution >= 0.6 is 22.9 Å². The molecule has 1 N–H and O–H groups in total. The molecule has 2 aliphatic heterocycles. The Hall–Kier alpha value is -2.54. The lowest BCUT2D eigenvalue weighted by molar-refractivity contribution is 0.602. The Kier molecular flexibility index (Phi) is 5.02. The van der Waals surface area contributed by atoms with Crippen molar-refractivity contribution < 1.29 is 0 Å². The molecule has 28 heavy (non-hydrogen) atoms. The van der Waals surface area contributed by atoms with Gasteiger partial charge in [-0.15, -0.1) is 23.1 Å². The van der Waals surface area contributed by atoms with Crippen LogP contribution in [0.25, 0.3) is 22.4 Å². The maximum atomic E-state index is 8.42. The molecule has 7 heteroatoms. The largest absolute Gasteiger partial charge is 0.698 e. The third kappa shape index (κ3) is 3.24. The van der Waals surface area contributed by atoms with E-state index in [1.165, 1.54) is 11.3 Å². The maximum Gasteiger partial charge on any atom is 0.150 e. The van der Waals surface area contributed by atoms with Gasteiger partial charge in [-0.25, -0.2) is 4.98 Å². The topological polar surface area (TPSA) is 57.3 Å². The van der Waals surface area contributed by atoms with Crippen LogP contribution in [-0.4, -0.2) is 23.1 Å². The van der Waals surface area contributed by atoms with Gasteiger partial charge in [0.1, 0.15) is 5.01 Å². The normalized spacial score (nSPS) is 18.8. The molecule has 2 aromatic rings. The number of nitrogens with zero attached hydrogens (tertiary/aromatic N) is 4. The molecule has 3 heterocycles. The minimum atomic E-state index is 0.00915. The molecule has 144 valence electrons. The average molecular weight is 410 g/mol. The van der Waals surface area contributed by atoms with Gasteiger partial charge in [-0.2, -0.15) is 0 Å². The van der Waals surface area contributed by atoms with E-state index in [4.69, 9.17) is 22.3 Å². The molecule has 0 saturated carbocycles. The highest BCUT2D eigenvalue weighted by Crippen LogP contribution is 2.44. The summed E-state index contributed by atoms with van der Waals surface area (Å²) in [4.78, 5) is 7.79. The molecular formula is C21H20ClN5S-2. The average Bonchev–Trinajstić information content (AvgIpc) is 3.27. The number of aromatic nitrogens is 1. The van der Waals surface area contributed by atoms with E-state index in [0.717, 1.165) is 32.7 Å². The van der Waals surface area contributed by atoms with Gasteiger partial charge in [0.2, 0.25) is 0 Å². The number of halogens is 1. The van der Waals surface area contributed by atoms with Crippen molar-refractivity contribution in [2.45, 2.75) is 19.9 Å². The minimum absolute atomic E-state index is 0.00915. The summed E-state index contributed by atoms with van der Waals surface area (Å²) >= 11 is 7.57. The molecular weight excluding hydrogens is 390 g/mol. The van der Waals surface area contributed by atoms with Gasteiger partial charge in [0.25, 0.3) is 0 Å². The number of anilines is 2. The van der Waals surface area contributed by atoms with Crippen molar-refractivity contribution in [2.24, 2.45) is 0 Å². The number of hydrogen-bond donors (Lipinski definition) is 0. The number of rotatable bonds is 4. The zero-order valence-electron chi connectivity index (χ0n) is 15.8. The molecule has 1 aromatic carbocycles. The summed E-state index contributed by atoms with van der Waals surface area (Å²) in [6.07, 6.45) is 9.79. The molecule has 2 aliphatic rings. The van der Waals surface area contributed by atoms with E-state index in [1.54, 1.807) is 6.08 Å². The van der Waals surface area contributed by atoms with Crippen LogP contribution in [0, 0.1) is 0 Å². The van der Waals surface area contributed by atoms with Gasteiger partial charge >= 0.3 is 0 Å². The Labute approximate surface area is 174 Å². The second-order valence-corrected chi connectivity index (χ2v) is 7.98. The Morgan fingerprint density at radius 3 is 2.79 bits per heavy atom. The predicted octanol–water partition coefficient (Wildman–Crippen LogP) is 6.76. The zero-order chi connectivity index (χ0) is 19.8. The van der Waals surface area contributed by atoms with Crippen LogP contribution in [-0.2, 0) is 0 Å². The first-order chi connectivity index (χ1) is 13.5. The van der Waals surface area contributed by atoms with Gasteiger partial charge in [0.15, 0.2) is 5.82 Å². The Balaban J connectivity index is 1.82. The first-order valence-corrected chi connectivity index (χ1v) is 10.2. The van der Waals surface area contributed by atoms with E-state index in [9.17, 15) is 0 Å². The molecule has 0 spiro atoms. The van der Waals surface area contributed by atoms with Gasteiger partial charge in [-0.3, -0.25) is 0 Å². The van der Waals surface area contributed by atoms with Crippen LogP contribution in [0.4, 0.5) is 11.5 Å². The van der Waals surface area contributed by atoms with E-state index in [-0.39, 0.29) is 6.04 Å². The smallest absolute Gasteiger partial charge is 0.150 e. The molecule has 4 rings (SSSR count). The van der Waals surface area contributed by atoms with Crippen molar-refractivity contribution in [3.8, 4) is 0 Å². The lowest BCUT2D eigenvalue weighted by Gasteiger charge is -2.33. The van der Waals surface area contributed by atoms with Crippen molar-refractivity contribution in [3.63, 3.8) is 0 Å². The summed E-state index contributed by atoms with van der Waals surface area (Å²) in [5.74, 6) is 0.763. The van der Waals surface area contributed by atoms with Gasteiger partial charge in [0.05, 0.1) is 4.88 Å². The van der Waals surface area contributed by atoms with Crippen LogP contribution in [0.3, 0.4) is 0 Å². The number of thiazole rings is 1. The SMILES string of the molecule is CC=C([NH-])c1sc(C2=C3C=CC=CN3[N-]C2C)nc1N(C)c1ccc(Cl)cc1. The predicted molar refractivity (Wildman–Crippen MR) is 119 cm³/mol. The third-order valence-electron chi connectivity index (χ3n) is 4.74.